The molecule has 0 fully saturated rings. The molecule has 0 aliphatic heterocycles. The van der Waals surface area contributed by atoms with E-state index in [9.17, 15) is 9.59 Å². The van der Waals surface area contributed by atoms with Crippen LogP contribution < -0.4 is 5.32 Å². The maximum Gasteiger partial charge on any atom is 0.407 e. The van der Waals surface area contributed by atoms with Crippen LogP contribution in [0.15, 0.2) is 48.5 Å². The Morgan fingerprint density at radius 2 is 1.64 bits per heavy atom. The van der Waals surface area contributed by atoms with Crippen LogP contribution in [0.1, 0.15) is 17.0 Å². The minimum atomic E-state index is -0.777. The summed E-state index contributed by atoms with van der Waals surface area (Å²) < 4.78 is 10.0. The van der Waals surface area contributed by atoms with Crippen molar-refractivity contribution in [2.75, 3.05) is 19.0 Å². The van der Waals surface area contributed by atoms with Crippen molar-refractivity contribution in [2.24, 2.45) is 0 Å². The Morgan fingerprint density at radius 3 is 2.16 bits per heavy atom. The molecule has 0 saturated carbocycles. The van der Waals surface area contributed by atoms with E-state index in [2.05, 4.69) is 50.2 Å². The lowest BCUT2D eigenvalue weighted by Crippen LogP contribution is -2.43. The Balaban J connectivity index is 1.71. The zero-order chi connectivity index (χ0) is 17.8. The van der Waals surface area contributed by atoms with E-state index in [4.69, 9.17) is 4.74 Å². The Kier molecular flexibility index (Phi) is 5.38. The second kappa shape index (κ2) is 7.70. The number of alkyl halides is 1. The summed E-state index contributed by atoms with van der Waals surface area (Å²) in [7, 11) is 1.28. The molecule has 6 heteroatoms. The largest absolute Gasteiger partial charge is 0.467 e. The number of halogens is 1. The van der Waals surface area contributed by atoms with Gasteiger partial charge in [0.05, 0.1) is 7.11 Å². The number of rotatable bonds is 5. The van der Waals surface area contributed by atoms with E-state index in [0.717, 1.165) is 11.1 Å². The number of esters is 1. The number of hydrogen-bond donors (Lipinski definition) is 1. The van der Waals surface area contributed by atoms with E-state index in [1.807, 2.05) is 24.3 Å². The number of benzene rings is 2. The summed E-state index contributed by atoms with van der Waals surface area (Å²) in [5, 5.41) is 2.76. The van der Waals surface area contributed by atoms with Gasteiger partial charge in [-0.2, -0.15) is 0 Å². The summed E-state index contributed by atoms with van der Waals surface area (Å²) in [5.74, 6) is -0.538. The summed E-state index contributed by atoms with van der Waals surface area (Å²) in [6, 6.07) is 15.4. The summed E-state index contributed by atoms with van der Waals surface area (Å²) in [6.45, 7) is 0.204. The summed E-state index contributed by atoms with van der Waals surface area (Å²) in [4.78, 5) is 23.6. The van der Waals surface area contributed by atoms with Gasteiger partial charge in [0.2, 0.25) is 0 Å². The molecule has 0 bridgehead atoms. The van der Waals surface area contributed by atoms with E-state index in [0.29, 0.717) is 0 Å². The van der Waals surface area contributed by atoms with Crippen molar-refractivity contribution in [2.45, 2.75) is 12.0 Å². The van der Waals surface area contributed by atoms with Gasteiger partial charge < -0.3 is 14.8 Å². The highest BCUT2D eigenvalue weighted by molar-refractivity contribution is 9.09. The lowest BCUT2D eigenvalue weighted by atomic mass is 9.98. The molecule has 0 aromatic heterocycles. The van der Waals surface area contributed by atoms with Crippen molar-refractivity contribution in [3.8, 4) is 11.1 Å². The van der Waals surface area contributed by atoms with Gasteiger partial charge in [0.25, 0.3) is 0 Å². The van der Waals surface area contributed by atoms with Crippen molar-refractivity contribution >= 4 is 28.0 Å². The molecule has 25 heavy (non-hydrogen) atoms. The number of nitrogens with one attached hydrogen (secondary N) is 1. The minimum Gasteiger partial charge on any atom is -0.467 e. The van der Waals surface area contributed by atoms with E-state index in [-0.39, 0.29) is 17.9 Å². The molecule has 130 valence electrons. The second-order valence-electron chi connectivity index (χ2n) is 5.70. The van der Waals surface area contributed by atoms with E-state index in [1.165, 1.54) is 18.2 Å². The third-order valence-corrected chi connectivity index (χ3v) is 4.92. The highest BCUT2D eigenvalue weighted by Crippen LogP contribution is 2.44. The molecule has 1 atom stereocenters. The van der Waals surface area contributed by atoms with Gasteiger partial charge in [0.1, 0.15) is 12.6 Å². The van der Waals surface area contributed by atoms with Gasteiger partial charge in [0, 0.05) is 11.2 Å². The lowest BCUT2D eigenvalue weighted by Gasteiger charge is -2.17. The first-order valence-corrected chi connectivity index (χ1v) is 9.03. The lowest BCUT2D eigenvalue weighted by molar-refractivity contribution is -0.142. The molecule has 2 aromatic rings. The first kappa shape index (κ1) is 17.5. The second-order valence-corrected chi connectivity index (χ2v) is 6.35. The number of methoxy groups -OCH3 is 1. The zero-order valence-electron chi connectivity index (χ0n) is 13.7. The number of alkyl carbamates (subject to hydrolysis) is 1. The summed E-state index contributed by atoms with van der Waals surface area (Å²) in [5.41, 5.74) is 4.61. The summed E-state index contributed by atoms with van der Waals surface area (Å²) >= 11 is 3.17. The van der Waals surface area contributed by atoms with Crippen LogP contribution in [0, 0.1) is 0 Å². The van der Waals surface area contributed by atoms with Crippen LogP contribution >= 0.6 is 15.9 Å². The molecule has 1 amide bonds. The van der Waals surface area contributed by atoms with E-state index in [1.54, 1.807) is 0 Å². The Labute approximate surface area is 154 Å². The number of ether oxygens (including phenoxy) is 2. The molecule has 1 N–H and O–H groups in total. The van der Waals surface area contributed by atoms with Gasteiger partial charge >= 0.3 is 12.1 Å². The predicted octanol–water partition coefficient (Wildman–Crippen LogP) is 3.46. The van der Waals surface area contributed by atoms with Gasteiger partial charge in [-0.05, 0) is 22.3 Å². The third kappa shape index (κ3) is 3.54. The van der Waals surface area contributed by atoms with Gasteiger partial charge in [-0.3, -0.25) is 0 Å². The monoisotopic (exact) mass is 403 g/mol. The zero-order valence-corrected chi connectivity index (χ0v) is 15.3. The molecule has 2 aromatic carbocycles. The molecule has 0 radical (unpaired) electrons. The van der Waals surface area contributed by atoms with Crippen LogP contribution in [0.5, 0.6) is 0 Å². The SMILES string of the molecule is COC(=O)[C@H](CBr)NC(=O)OCC1c2ccccc2-c2ccccc21. The molecule has 5 nitrogen and oxygen atoms in total. The normalized spacial score (nSPS) is 13.5. The van der Waals surface area contributed by atoms with Crippen molar-refractivity contribution in [1.82, 2.24) is 5.32 Å². The van der Waals surface area contributed by atoms with Crippen LogP contribution in [-0.4, -0.2) is 37.2 Å². The van der Waals surface area contributed by atoms with Crippen LogP contribution in [0.4, 0.5) is 4.79 Å². The van der Waals surface area contributed by atoms with Crippen LogP contribution in [0.3, 0.4) is 0 Å². The molecule has 0 saturated heterocycles. The van der Waals surface area contributed by atoms with Crippen LogP contribution in [0.2, 0.25) is 0 Å². The average Bonchev–Trinajstić information content (AvgIpc) is 2.98. The summed E-state index contributed by atoms with van der Waals surface area (Å²) in [6.07, 6.45) is -0.642. The van der Waals surface area contributed by atoms with E-state index >= 15 is 0 Å². The Bertz CT molecular complexity index is 747. The fourth-order valence-electron chi connectivity index (χ4n) is 3.09. The number of hydrogen-bond acceptors (Lipinski definition) is 4. The maximum absolute atomic E-state index is 12.1. The van der Waals surface area contributed by atoms with Crippen molar-refractivity contribution in [3.63, 3.8) is 0 Å². The molecule has 3 rings (SSSR count). The maximum atomic E-state index is 12.1. The number of carbonyl (C=O) groups is 2. The quantitative estimate of drug-likeness (QED) is 0.613. The molecule has 0 unspecified atom stereocenters. The highest BCUT2D eigenvalue weighted by Gasteiger charge is 2.29. The number of carbonyl (C=O) groups excluding carboxylic acids is 2. The van der Waals surface area contributed by atoms with Crippen molar-refractivity contribution in [1.29, 1.82) is 0 Å². The van der Waals surface area contributed by atoms with Gasteiger partial charge in [-0.15, -0.1) is 0 Å². The Hall–Kier alpha value is -2.34. The predicted molar refractivity (Wildman–Crippen MR) is 97.8 cm³/mol. The van der Waals surface area contributed by atoms with Crippen LogP contribution in [0.25, 0.3) is 11.1 Å². The third-order valence-electron chi connectivity index (χ3n) is 4.28. The molecular formula is C19H18BrNO4. The minimum absolute atomic E-state index is 0.0151. The van der Waals surface area contributed by atoms with Gasteiger partial charge in [0.15, 0.2) is 0 Å². The molecule has 0 heterocycles. The molecule has 1 aliphatic rings. The van der Waals surface area contributed by atoms with Gasteiger partial charge in [-0.1, -0.05) is 64.5 Å². The smallest absolute Gasteiger partial charge is 0.407 e. The highest BCUT2D eigenvalue weighted by atomic mass is 79.9. The molecular weight excluding hydrogens is 386 g/mol. The topological polar surface area (TPSA) is 64.6 Å². The average molecular weight is 404 g/mol. The van der Waals surface area contributed by atoms with Crippen molar-refractivity contribution in [3.05, 3.63) is 59.7 Å². The Morgan fingerprint density at radius 1 is 1.08 bits per heavy atom. The standard InChI is InChI=1S/C19H18BrNO4/c1-24-18(22)17(10-20)21-19(23)25-11-16-14-8-4-2-6-12(14)13-7-3-5-9-15(13)16/h2-9,16-17H,10-11H2,1H3,(H,21,23)/t17-/m0/s1. The first-order chi connectivity index (χ1) is 12.2. The van der Waals surface area contributed by atoms with Gasteiger partial charge in [-0.25, -0.2) is 9.59 Å². The fourth-order valence-corrected chi connectivity index (χ4v) is 3.51. The van der Waals surface area contributed by atoms with Crippen LogP contribution in [-0.2, 0) is 14.3 Å². The molecule has 0 spiro atoms. The number of fused-ring (bicyclic) bond motifs is 3. The number of amides is 1. The molecule has 1 aliphatic carbocycles. The van der Waals surface area contributed by atoms with E-state index < -0.39 is 18.1 Å². The van der Waals surface area contributed by atoms with Crippen molar-refractivity contribution < 1.29 is 19.1 Å². The fraction of sp³-hybridized carbons (Fsp3) is 0.263. The first-order valence-electron chi connectivity index (χ1n) is 7.91.